The Labute approximate surface area is 133 Å². The summed E-state index contributed by atoms with van der Waals surface area (Å²) in [6.45, 7) is 3.81. The monoisotopic (exact) mass is 366 g/mol. The van der Waals surface area contributed by atoms with Crippen molar-refractivity contribution in [3.05, 3.63) is 20.8 Å². The normalized spacial score (nSPS) is 20.2. The Morgan fingerprint density at radius 2 is 2.37 bits per heavy atom. The minimum Gasteiger partial charge on any atom is -0.338 e. The Balaban J connectivity index is 0.00000180. The molecule has 1 aliphatic heterocycles. The molecule has 0 saturated carbocycles. The number of carbonyl (C=O) groups excluding carboxylic acids is 1. The van der Waals surface area contributed by atoms with Crippen molar-refractivity contribution in [1.82, 2.24) is 10.2 Å². The lowest BCUT2D eigenvalue weighted by molar-refractivity contribution is -0.133. The quantitative estimate of drug-likeness (QED) is 0.886. The van der Waals surface area contributed by atoms with Gasteiger partial charge in [0.05, 0.1) is 9.70 Å². The summed E-state index contributed by atoms with van der Waals surface area (Å²) in [7, 11) is 1.95. The molecule has 2 atom stereocenters. The maximum absolute atomic E-state index is 12.5. The van der Waals surface area contributed by atoms with E-state index >= 15 is 0 Å². The highest BCUT2D eigenvalue weighted by molar-refractivity contribution is 9.11. The first-order valence-corrected chi connectivity index (χ1v) is 7.94. The van der Waals surface area contributed by atoms with E-state index in [0.717, 1.165) is 34.6 Å². The third-order valence-corrected chi connectivity index (χ3v) is 5.30. The van der Waals surface area contributed by atoms with E-state index < -0.39 is 0 Å². The summed E-state index contributed by atoms with van der Waals surface area (Å²) in [4.78, 5) is 15.7. The second kappa shape index (κ2) is 7.62. The molecular weight excluding hydrogens is 348 g/mol. The summed E-state index contributed by atoms with van der Waals surface area (Å²) in [6.07, 6.45) is 2.24. The van der Waals surface area contributed by atoms with Crippen LogP contribution in [-0.2, 0) is 4.79 Å². The van der Waals surface area contributed by atoms with Gasteiger partial charge >= 0.3 is 0 Å². The standard InChI is InChI=1S/C13H19BrN2OS.ClH/c1-9(11-5-6-12(14)18-11)13(17)16-7-3-4-10(16)8-15-2;/h5-6,9-10,15H,3-4,7-8H2,1-2H3;1H. The van der Waals surface area contributed by atoms with E-state index in [-0.39, 0.29) is 24.2 Å². The highest BCUT2D eigenvalue weighted by Crippen LogP contribution is 2.31. The summed E-state index contributed by atoms with van der Waals surface area (Å²) >= 11 is 5.10. The van der Waals surface area contributed by atoms with E-state index in [4.69, 9.17) is 0 Å². The van der Waals surface area contributed by atoms with Crippen LogP contribution in [0.25, 0.3) is 0 Å². The molecule has 1 fully saturated rings. The van der Waals surface area contributed by atoms with Crippen LogP contribution in [-0.4, -0.2) is 37.0 Å². The van der Waals surface area contributed by atoms with Crippen molar-refractivity contribution in [1.29, 1.82) is 0 Å². The van der Waals surface area contributed by atoms with Crippen molar-refractivity contribution in [3.63, 3.8) is 0 Å². The molecule has 0 aromatic carbocycles. The van der Waals surface area contributed by atoms with Gasteiger partial charge in [0.25, 0.3) is 0 Å². The van der Waals surface area contributed by atoms with Gasteiger partial charge in [-0.15, -0.1) is 23.7 Å². The predicted molar refractivity (Wildman–Crippen MR) is 86.3 cm³/mol. The van der Waals surface area contributed by atoms with Crippen molar-refractivity contribution in [2.24, 2.45) is 0 Å². The van der Waals surface area contributed by atoms with E-state index in [0.29, 0.717) is 6.04 Å². The van der Waals surface area contributed by atoms with E-state index in [1.807, 2.05) is 26.1 Å². The van der Waals surface area contributed by atoms with Crippen molar-refractivity contribution in [3.8, 4) is 0 Å². The molecule has 0 spiro atoms. The topological polar surface area (TPSA) is 32.3 Å². The molecule has 1 aromatic rings. The summed E-state index contributed by atoms with van der Waals surface area (Å²) in [5.74, 6) is 0.237. The van der Waals surface area contributed by atoms with Gasteiger partial charge in [-0.05, 0) is 54.9 Å². The summed E-state index contributed by atoms with van der Waals surface area (Å²) in [5.41, 5.74) is 0. The highest BCUT2D eigenvalue weighted by Gasteiger charge is 2.31. The summed E-state index contributed by atoms with van der Waals surface area (Å²) < 4.78 is 1.09. The number of likely N-dealkylation sites (tertiary alicyclic amines) is 1. The first-order chi connectivity index (χ1) is 8.63. The van der Waals surface area contributed by atoms with Crippen LogP contribution < -0.4 is 5.32 Å². The third kappa shape index (κ3) is 3.94. The van der Waals surface area contributed by atoms with Crippen molar-refractivity contribution < 1.29 is 4.79 Å². The summed E-state index contributed by atoms with van der Waals surface area (Å²) in [6, 6.07) is 4.42. The molecule has 0 bridgehead atoms. The SMILES string of the molecule is CNCC1CCCN1C(=O)C(C)c1ccc(Br)s1.Cl. The van der Waals surface area contributed by atoms with Crippen LogP contribution in [0.1, 0.15) is 30.6 Å². The number of hydrogen-bond acceptors (Lipinski definition) is 3. The minimum atomic E-state index is -0.0289. The zero-order chi connectivity index (χ0) is 13.1. The molecule has 19 heavy (non-hydrogen) atoms. The Morgan fingerprint density at radius 3 is 2.95 bits per heavy atom. The fraction of sp³-hybridized carbons (Fsp3) is 0.615. The fourth-order valence-corrected chi connectivity index (χ4v) is 3.97. The molecule has 2 heterocycles. The number of nitrogens with one attached hydrogen (secondary N) is 1. The van der Waals surface area contributed by atoms with Gasteiger partial charge in [-0.1, -0.05) is 0 Å². The lowest BCUT2D eigenvalue weighted by Gasteiger charge is -2.27. The van der Waals surface area contributed by atoms with Crippen LogP contribution in [0.3, 0.4) is 0 Å². The average molecular weight is 368 g/mol. The first-order valence-electron chi connectivity index (χ1n) is 6.33. The van der Waals surface area contributed by atoms with E-state index in [1.54, 1.807) is 11.3 Å². The molecule has 1 saturated heterocycles. The van der Waals surface area contributed by atoms with Gasteiger partial charge in [-0.3, -0.25) is 4.79 Å². The van der Waals surface area contributed by atoms with Gasteiger partial charge in [-0.25, -0.2) is 0 Å². The van der Waals surface area contributed by atoms with Crippen molar-refractivity contribution in [2.75, 3.05) is 20.1 Å². The second-order valence-electron chi connectivity index (χ2n) is 4.75. The van der Waals surface area contributed by atoms with Crippen LogP contribution in [0.5, 0.6) is 0 Å². The fourth-order valence-electron chi connectivity index (χ4n) is 2.51. The largest absolute Gasteiger partial charge is 0.338 e. The zero-order valence-electron chi connectivity index (χ0n) is 11.2. The maximum atomic E-state index is 12.5. The van der Waals surface area contributed by atoms with E-state index in [9.17, 15) is 4.79 Å². The van der Waals surface area contributed by atoms with Crippen LogP contribution in [0.4, 0.5) is 0 Å². The van der Waals surface area contributed by atoms with Crippen LogP contribution >= 0.6 is 39.7 Å². The Bertz CT molecular complexity index is 427. The highest BCUT2D eigenvalue weighted by atomic mass is 79.9. The van der Waals surface area contributed by atoms with Crippen molar-refractivity contribution in [2.45, 2.75) is 31.7 Å². The molecule has 1 amide bonds. The molecule has 1 aromatic heterocycles. The lowest BCUT2D eigenvalue weighted by Crippen LogP contribution is -2.42. The molecule has 6 heteroatoms. The van der Waals surface area contributed by atoms with Gasteiger partial charge < -0.3 is 10.2 Å². The molecule has 1 aliphatic rings. The number of amides is 1. The van der Waals surface area contributed by atoms with Crippen LogP contribution in [0.15, 0.2) is 15.9 Å². The minimum absolute atomic E-state index is 0. The number of nitrogens with zero attached hydrogens (tertiary/aromatic N) is 1. The first kappa shape index (κ1) is 17.0. The van der Waals surface area contributed by atoms with E-state index in [1.165, 1.54) is 0 Å². The van der Waals surface area contributed by atoms with Crippen molar-refractivity contribution >= 4 is 45.6 Å². The average Bonchev–Trinajstić information content (AvgIpc) is 2.97. The molecular formula is C13H20BrClN2OS. The zero-order valence-corrected chi connectivity index (χ0v) is 14.4. The Kier molecular flexibility index (Phi) is 6.80. The lowest BCUT2D eigenvalue weighted by atomic mass is 10.1. The third-order valence-electron chi connectivity index (χ3n) is 3.49. The van der Waals surface area contributed by atoms with E-state index in [2.05, 4.69) is 26.1 Å². The predicted octanol–water partition coefficient (Wildman–Crippen LogP) is 3.25. The van der Waals surface area contributed by atoms with Gasteiger partial charge in [-0.2, -0.15) is 0 Å². The number of hydrogen-bond donors (Lipinski definition) is 1. The van der Waals surface area contributed by atoms with Crippen LogP contribution in [0, 0.1) is 0 Å². The Morgan fingerprint density at radius 1 is 1.63 bits per heavy atom. The molecule has 2 rings (SSSR count). The Hall–Kier alpha value is -0.100. The number of rotatable bonds is 4. The smallest absolute Gasteiger partial charge is 0.230 e. The molecule has 0 aliphatic carbocycles. The van der Waals surface area contributed by atoms with Gasteiger partial charge in [0.2, 0.25) is 5.91 Å². The van der Waals surface area contributed by atoms with Gasteiger partial charge in [0, 0.05) is 24.0 Å². The maximum Gasteiger partial charge on any atom is 0.230 e. The summed E-state index contributed by atoms with van der Waals surface area (Å²) in [5, 5.41) is 3.18. The molecule has 2 unspecified atom stereocenters. The van der Waals surface area contributed by atoms with Gasteiger partial charge in [0.15, 0.2) is 0 Å². The van der Waals surface area contributed by atoms with Crippen LogP contribution in [0.2, 0.25) is 0 Å². The number of halogens is 2. The number of carbonyl (C=O) groups is 1. The van der Waals surface area contributed by atoms with Gasteiger partial charge in [0.1, 0.15) is 0 Å². The molecule has 108 valence electrons. The molecule has 1 N–H and O–H groups in total. The number of thiophene rings is 1. The second-order valence-corrected chi connectivity index (χ2v) is 7.24. The molecule has 3 nitrogen and oxygen atoms in total. The number of likely N-dealkylation sites (N-methyl/N-ethyl adjacent to an activating group) is 1. The molecule has 0 radical (unpaired) electrons.